The molecule has 1 amide bonds. The van der Waals surface area contributed by atoms with Crippen molar-refractivity contribution in [3.8, 4) is 0 Å². The molecule has 2 heterocycles. The van der Waals surface area contributed by atoms with Crippen molar-refractivity contribution in [3.63, 3.8) is 0 Å². The van der Waals surface area contributed by atoms with Gasteiger partial charge in [-0.25, -0.2) is 0 Å². The Morgan fingerprint density at radius 1 is 1.29 bits per heavy atom. The molecule has 24 heavy (non-hydrogen) atoms. The summed E-state index contributed by atoms with van der Waals surface area (Å²) in [6.07, 6.45) is 2.39. The normalized spacial score (nSPS) is 12.5. The summed E-state index contributed by atoms with van der Waals surface area (Å²) in [5, 5.41) is 9.98. The van der Waals surface area contributed by atoms with E-state index in [9.17, 15) is 4.79 Å². The van der Waals surface area contributed by atoms with Gasteiger partial charge in [0.2, 0.25) is 5.91 Å². The van der Waals surface area contributed by atoms with Crippen LogP contribution in [0.4, 0.5) is 0 Å². The lowest BCUT2D eigenvalue weighted by molar-refractivity contribution is -0.134. The molecule has 0 radical (unpaired) electrons. The molecule has 0 saturated carbocycles. The van der Waals surface area contributed by atoms with Gasteiger partial charge in [0.05, 0.1) is 28.0 Å². The van der Waals surface area contributed by atoms with E-state index in [1.807, 2.05) is 27.7 Å². The van der Waals surface area contributed by atoms with Crippen LogP contribution in [0.5, 0.6) is 0 Å². The van der Waals surface area contributed by atoms with E-state index >= 15 is 0 Å². The lowest BCUT2D eigenvalue weighted by Crippen LogP contribution is -2.35. The number of carbonyl (C=O) groups excluding carboxylic acids is 1. The molecule has 8 heteroatoms. The SMILES string of the molecule is CCC(C(=O)N(C)Cc1nn(CC)cc1Cl)n1nc(C)c(Cl)c1C. The van der Waals surface area contributed by atoms with Crippen LogP contribution in [-0.2, 0) is 17.9 Å². The Kier molecular flexibility index (Phi) is 5.93. The number of rotatable bonds is 6. The van der Waals surface area contributed by atoms with Gasteiger partial charge in [0.15, 0.2) is 0 Å². The average Bonchev–Trinajstić information content (AvgIpc) is 3.03. The summed E-state index contributed by atoms with van der Waals surface area (Å²) < 4.78 is 3.47. The zero-order chi connectivity index (χ0) is 18.0. The Labute approximate surface area is 152 Å². The molecule has 0 aliphatic rings. The molecule has 0 saturated heterocycles. The minimum atomic E-state index is -0.395. The van der Waals surface area contributed by atoms with Crippen LogP contribution in [0, 0.1) is 13.8 Å². The van der Waals surface area contributed by atoms with Crippen molar-refractivity contribution in [1.29, 1.82) is 0 Å². The summed E-state index contributed by atoms with van der Waals surface area (Å²) in [6.45, 7) is 8.75. The van der Waals surface area contributed by atoms with E-state index in [1.54, 1.807) is 27.5 Å². The molecule has 2 aromatic rings. The highest BCUT2D eigenvalue weighted by molar-refractivity contribution is 6.32. The fourth-order valence-electron chi connectivity index (χ4n) is 2.66. The summed E-state index contributed by atoms with van der Waals surface area (Å²) >= 11 is 12.4. The summed E-state index contributed by atoms with van der Waals surface area (Å²) in [5.74, 6) is -0.0399. The van der Waals surface area contributed by atoms with Gasteiger partial charge >= 0.3 is 0 Å². The highest BCUT2D eigenvalue weighted by atomic mass is 35.5. The molecule has 2 aromatic heterocycles. The van der Waals surface area contributed by atoms with Crippen LogP contribution < -0.4 is 0 Å². The molecule has 0 fully saturated rings. The van der Waals surface area contributed by atoms with E-state index in [0.29, 0.717) is 28.7 Å². The van der Waals surface area contributed by atoms with Crippen LogP contribution in [0.15, 0.2) is 6.20 Å². The maximum absolute atomic E-state index is 12.9. The molecule has 0 bridgehead atoms. The minimum absolute atomic E-state index is 0.0399. The molecule has 1 unspecified atom stereocenters. The number of hydrogen-bond donors (Lipinski definition) is 0. The van der Waals surface area contributed by atoms with Gasteiger partial charge in [0.25, 0.3) is 0 Å². The largest absolute Gasteiger partial charge is 0.338 e. The summed E-state index contributed by atoms with van der Waals surface area (Å²) in [5.41, 5.74) is 2.22. The molecule has 0 spiro atoms. The van der Waals surface area contributed by atoms with Gasteiger partial charge in [0, 0.05) is 19.8 Å². The van der Waals surface area contributed by atoms with E-state index in [1.165, 1.54) is 0 Å². The number of aryl methyl sites for hydroxylation is 2. The predicted molar refractivity (Wildman–Crippen MR) is 95.4 cm³/mol. The van der Waals surface area contributed by atoms with Crippen molar-refractivity contribution in [2.75, 3.05) is 7.05 Å². The van der Waals surface area contributed by atoms with E-state index in [0.717, 1.165) is 17.9 Å². The predicted octanol–water partition coefficient (Wildman–Crippen LogP) is 3.63. The zero-order valence-corrected chi connectivity index (χ0v) is 16.2. The van der Waals surface area contributed by atoms with E-state index in [2.05, 4.69) is 10.2 Å². The Morgan fingerprint density at radius 3 is 2.42 bits per heavy atom. The Bertz CT molecular complexity index is 737. The standard InChI is InChI=1S/C16H23Cl2N5O/c1-6-14(23-11(4)15(18)10(3)19-23)16(24)21(5)9-13-12(17)8-22(7-2)20-13/h8,14H,6-7,9H2,1-5H3. The van der Waals surface area contributed by atoms with Gasteiger partial charge in [-0.1, -0.05) is 30.1 Å². The van der Waals surface area contributed by atoms with Crippen LogP contribution in [-0.4, -0.2) is 37.4 Å². The van der Waals surface area contributed by atoms with Gasteiger partial charge in [-0.05, 0) is 27.2 Å². The Balaban J connectivity index is 2.21. The third kappa shape index (κ3) is 3.59. The van der Waals surface area contributed by atoms with Gasteiger partial charge in [-0.15, -0.1) is 0 Å². The van der Waals surface area contributed by atoms with E-state index in [-0.39, 0.29) is 5.91 Å². The van der Waals surface area contributed by atoms with Crippen molar-refractivity contribution in [2.24, 2.45) is 0 Å². The molecule has 6 nitrogen and oxygen atoms in total. The van der Waals surface area contributed by atoms with Crippen LogP contribution in [0.2, 0.25) is 10.0 Å². The Morgan fingerprint density at radius 2 is 1.96 bits per heavy atom. The third-order valence-corrected chi connectivity index (χ3v) is 4.94. The second-order valence-electron chi connectivity index (χ2n) is 5.83. The molecule has 0 N–H and O–H groups in total. The molecular weight excluding hydrogens is 349 g/mol. The van der Waals surface area contributed by atoms with Crippen molar-refractivity contribution in [1.82, 2.24) is 24.5 Å². The number of nitrogens with zero attached hydrogens (tertiary/aromatic N) is 5. The monoisotopic (exact) mass is 371 g/mol. The summed E-state index contributed by atoms with van der Waals surface area (Å²) in [7, 11) is 1.75. The van der Waals surface area contributed by atoms with Crippen LogP contribution in [0.3, 0.4) is 0 Å². The highest BCUT2D eigenvalue weighted by Gasteiger charge is 2.26. The zero-order valence-electron chi connectivity index (χ0n) is 14.7. The lowest BCUT2D eigenvalue weighted by atomic mass is 10.2. The molecule has 0 aliphatic heterocycles. The van der Waals surface area contributed by atoms with Crippen molar-refractivity contribution in [3.05, 3.63) is 33.3 Å². The first-order valence-corrected chi connectivity index (χ1v) is 8.73. The second-order valence-corrected chi connectivity index (χ2v) is 6.61. The highest BCUT2D eigenvalue weighted by Crippen LogP contribution is 2.25. The maximum atomic E-state index is 12.9. The molecule has 132 valence electrons. The van der Waals surface area contributed by atoms with Gasteiger partial charge in [-0.2, -0.15) is 10.2 Å². The fraction of sp³-hybridized carbons (Fsp3) is 0.562. The number of amides is 1. The first-order chi connectivity index (χ1) is 11.3. The summed E-state index contributed by atoms with van der Waals surface area (Å²) in [4.78, 5) is 14.5. The lowest BCUT2D eigenvalue weighted by Gasteiger charge is -2.23. The van der Waals surface area contributed by atoms with Crippen LogP contribution >= 0.6 is 23.2 Å². The quantitative estimate of drug-likeness (QED) is 0.778. The molecule has 0 aliphatic carbocycles. The number of hydrogen-bond acceptors (Lipinski definition) is 3. The average molecular weight is 372 g/mol. The number of aromatic nitrogens is 4. The van der Waals surface area contributed by atoms with Gasteiger partial charge in [-0.3, -0.25) is 14.2 Å². The first-order valence-electron chi connectivity index (χ1n) is 7.98. The number of likely N-dealkylation sites (N-methyl/N-ethyl adjacent to an activating group) is 1. The van der Waals surface area contributed by atoms with Crippen LogP contribution in [0.1, 0.15) is 43.4 Å². The smallest absolute Gasteiger partial charge is 0.247 e. The second kappa shape index (κ2) is 7.57. The van der Waals surface area contributed by atoms with Crippen molar-refractivity contribution >= 4 is 29.1 Å². The minimum Gasteiger partial charge on any atom is -0.338 e. The molecule has 1 atom stereocenters. The molecular formula is C16H23Cl2N5O. The van der Waals surface area contributed by atoms with Crippen molar-refractivity contribution < 1.29 is 4.79 Å². The van der Waals surface area contributed by atoms with Crippen LogP contribution in [0.25, 0.3) is 0 Å². The first kappa shape index (κ1) is 18.8. The van der Waals surface area contributed by atoms with E-state index < -0.39 is 6.04 Å². The topological polar surface area (TPSA) is 56.0 Å². The third-order valence-electron chi connectivity index (χ3n) is 4.08. The fourth-order valence-corrected chi connectivity index (χ4v) is 3.00. The maximum Gasteiger partial charge on any atom is 0.247 e. The van der Waals surface area contributed by atoms with Gasteiger partial charge < -0.3 is 4.90 Å². The number of carbonyl (C=O) groups is 1. The Hall–Kier alpha value is -1.53. The molecule has 0 aromatic carbocycles. The molecule has 2 rings (SSSR count). The van der Waals surface area contributed by atoms with Gasteiger partial charge in [0.1, 0.15) is 11.7 Å². The summed E-state index contributed by atoms with van der Waals surface area (Å²) in [6, 6.07) is -0.395. The number of halogens is 2. The van der Waals surface area contributed by atoms with E-state index in [4.69, 9.17) is 23.2 Å². The van der Waals surface area contributed by atoms with Crippen molar-refractivity contribution in [2.45, 2.75) is 53.2 Å².